The SMILES string of the molecule is Cn1ncc(NCc2nn[nH]n2)c(Br)c1=O. The minimum atomic E-state index is -0.210. The van der Waals surface area contributed by atoms with Gasteiger partial charge in [-0.05, 0) is 15.9 Å². The highest BCUT2D eigenvalue weighted by molar-refractivity contribution is 9.10. The molecule has 16 heavy (non-hydrogen) atoms. The number of nitrogens with zero attached hydrogens (tertiary/aromatic N) is 5. The maximum absolute atomic E-state index is 11.5. The summed E-state index contributed by atoms with van der Waals surface area (Å²) < 4.78 is 1.66. The van der Waals surface area contributed by atoms with Gasteiger partial charge in [-0.1, -0.05) is 5.21 Å². The van der Waals surface area contributed by atoms with Crippen molar-refractivity contribution in [1.29, 1.82) is 0 Å². The summed E-state index contributed by atoms with van der Waals surface area (Å²) in [6.07, 6.45) is 1.55. The fraction of sp³-hybridized carbons (Fsp3) is 0.286. The van der Waals surface area contributed by atoms with E-state index in [1.165, 1.54) is 4.68 Å². The Morgan fingerprint density at radius 1 is 1.62 bits per heavy atom. The zero-order valence-corrected chi connectivity index (χ0v) is 9.89. The van der Waals surface area contributed by atoms with Gasteiger partial charge >= 0.3 is 0 Å². The first-order valence-corrected chi connectivity index (χ1v) is 5.16. The lowest BCUT2D eigenvalue weighted by molar-refractivity contribution is 0.703. The van der Waals surface area contributed by atoms with Crippen molar-refractivity contribution in [2.24, 2.45) is 7.05 Å². The van der Waals surface area contributed by atoms with Gasteiger partial charge in [0.15, 0.2) is 5.82 Å². The van der Waals surface area contributed by atoms with E-state index in [4.69, 9.17) is 0 Å². The largest absolute Gasteiger partial charge is 0.375 e. The molecule has 0 bridgehead atoms. The van der Waals surface area contributed by atoms with Crippen LogP contribution in [0.4, 0.5) is 5.69 Å². The minimum Gasteiger partial charge on any atom is -0.375 e. The van der Waals surface area contributed by atoms with Crippen molar-refractivity contribution < 1.29 is 0 Å². The summed E-state index contributed by atoms with van der Waals surface area (Å²) >= 11 is 3.20. The molecule has 2 aromatic rings. The van der Waals surface area contributed by atoms with Crippen LogP contribution in [-0.2, 0) is 13.6 Å². The first-order valence-electron chi connectivity index (χ1n) is 4.36. The number of hydrogen-bond acceptors (Lipinski definition) is 6. The Hall–Kier alpha value is -1.77. The van der Waals surface area contributed by atoms with Crippen molar-refractivity contribution in [1.82, 2.24) is 30.4 Å². The first kappa shape index (κ1) is 10.7. The second kappa shape index (κ2) is 4.39. The number of aromatic amines is 1. The molecule has 0 saturated carbocycles. The first-order chi connectivity index (χ1) is 7.68. The maximum Gasteiger partial charge on any atom is 0.282 e. The van der Waals surface area contributed by atoms with Crippen LogP contribution in [0.5, 0.6) is 0 Å². The van der Waals surface area contributed by atoms with E-state index in [-0.39, 0.29) is 5.56 Å². The van der Waals surface area contributed by atoms with Crippen LogP contribution in [0.1, 0.15) is 5.82 Å². The van der Waals surface area contributed by atoms with E-state index in [0.717, 1.165) is 0 Å². The van der Waals surface area contributed by atoms with Crippen molar-refractivity contribution in [2.75, 3.05) is 5.32 Å². The van der Waals surface area contributed by atoms with Gasteiger partial charge in [0.25, 0.3) is 5.56 Å². The summed E-state index contributed by atoms with van der Waals surface area (Å²) in [6, 6.07) is 0. The zero-order chi connectivity index (χ0) is 11.5. The quantitative estimate of drug-likeness (QED) is 0.801. The average molecular weight is 286 g/mol. The summed E-state index contributed by atoms with van der Waals surface area (Å²) in [5, 5.41) is 20.2. The molecule has 84 valence electrons. The van der Waals surface area contributed by atoms with Crippen molar-refractivity contribution in [2.45, 2.75) is 6.54 Å². The van der Waals surface area contributed by atoms with Crippen LogP contribution in [0, 0.1) is 0 Å². The average Bonchev–Trinajstić information content (AvgIpc) is 2.78. The Balaban J connectivity index is 2.16. The third-order valence-corrected chi connectivity index (χ3v) is 2.67. The van der Waals surface area contributed by atoms with E-state index in [0.29, 0.717) is 22.5 Å². The number of tetrazole rings is 1. The Morgan fingerprint density at radius 2 is 2.44 bits per heavy atom. The normalized spacial score (nSPS) is 10.4. The maximum atomic E-state index is 11.5. The monoisotopic (exact) mass is 285 g/mol. The Labute approximate surface area is 98.2 Å². The molecule has 0 aliphatic carbocycles. The molecule has 0 spiro atoms. The molecular weight excluding hydrogens is 278 g/mol. The summed E-state index contributed by atoms with van der Waals surface area (Å²) in [7, 11) is 1.58. The highest BCUT2D eigenvalue weighted by Gasteiger charge is 2.07. The van der Waals surface area contributed by atoms with Gasteiger partial charge in [0, 0.05) is 7.05 Å². The molecule has 9 heteroatoms. The minimum absolute atomic E-state index is 0.210. The number of aryl methyl sites for hydroxylation is 1. The van der Waals surface area contributed by atoms with E-state index in [9.17, 15) is 4.79 Å². The standard InChI is InChI=1S/C7H8BrN7O/c1-15-7(16)6(8)4(2-10-15)9-3-5-11-13-14-12-5/h2,9H,3H2,1H3,(H,11,12,13,14). The number of anilines is 1. The van der Waals surface area contributed by atoms with Crippen LogP contribution in [0.15, 0.2) is 15.5 Å². The fourth-order valence-electron chi connectivity index (χ4n) is 1.07. The van der Waals surface area contributed by atoms with Gasteiger partial charge in [0.05, 0.1) is 18.4 Å². The van der Waals surface area contributed by atoms with Gasteiger partial charge in [-0.25, -0.2) is 4.68 Å². The molecular formula is C7H8BrN7O. The van der Waals surface area contributed by atoms with E-state index in [2.05, 4.69) is 47.0 Å². The third kappa shape index (κ3) is 2.08. The summed E-state index contributed by atoms with van der Waals surface area (Å²) in [6.45, 7) is 0.365. The third-order valence-electron chi connectivity index (χ3n) is 1.90. The Bertz CT molecular complexity index is 534. The van der Waals surface area contributed by atoms with Crippen molar-refractivity contribution in [3.63, 3.8) is 0 Å². The summed E-state index contributed by atoms with van der Waals surface area (Å²) in [5.74, 6) is 0.507. The molecule has 0 atom stereocenters. The molecule has 2 N–H and O–H groups in total. The van der Waals surface area contributed by atoms with Gasteiger partial charge in [-0.15, -0.1) is 10.2 Å². The molecule has 0 fully saturated rings. The zero-order valence-electron chi connectivity index (χ0n) is 8.31. The van der Waals surface area contributed by atoms with E-state index >= 15 is 0 Å². The van der Waals surface area contributed by atoms with Gasteiger partial charge in [-0.3, -0.25) is 4.79 Å². The number of hydrogen-bond donors (Lipinski definition) is 2. The predicted octanol–water partition coefficient (Wildman–Crippen LogP) is -0.332. The molecule has 8 nitrogen and oxygen atoms in total. The molecule has 2 rings (SSSR count). The van der Waals surface area contributed by atoms with E-state index in [1.54, 1.807) is 13.2 Å². The highest BCUT2D eigenvalue weighted by atomic mass is 79.9. The van der Waals surface area contributed by atoms with Crippen molar-refractivity contribution in [3.05, 3.63) is 26.8 Å². The Morgan fingerprint density at radius 3 is 3.12 bits per heavy atom. The van der Waals surface area contributed by atoms with Crippen LogP contribution in [0.25, 0.3) is 0 Å². The van der Waals surface area contributed by atoms with Gasteiger partial charge < -0.3 is 5.32 Å². The molecule has 2 heterocycles. The second-order valence-electron chi connectivity index (χ2n) is 2.98. The highest BCUT2D eigenvalue weighted by Crippen LogP contribution is 2.15. The van der Waals surface area contributed by atoms with Crippen LogP contribution < -0.4 is 10.9 Å². The number of nitrogens with one attached hydrogen (secondary N) is 2. The molecule has 0 aliphatic rings. The molecule has 0 amide bonds. The molecule has 0 saturated heterocycles. The van der Waals surface area contributed by atoms with Gasteiger partial charge in [-0.2, -0.15) is 10.3 Å². The molecule has 0 unspecified atom stereocenters. The molecule has 2 aromatic heterocycles. The second-order valence-corrected chi connectivity index (χ2v) is 3.78. The van der Waals surface area contributed by atoms with Crippen LogP contribution in [0.3, 0.4) is 0 Å². The lowest BCUT2D eigenvalue weighted by Gasteiger charge is -2.05. The molecule has 0 aromatic carbocycles. The summed E-state index contributed by atoms with van der Waals surface area (Å²) in [4.78, 5) is 11.5. The number of rotatable bonds is 3. The summed E-state index contributed by atoms with van der Waals surface area (Å²) in [5.41, 5.74) is 0.381. The van der Waals surface area contributed by atoms with Gasteiger partial charge in [0.2, 0.25) is 0 Å². The lowest BCUT2D eigenvalue weighted by atomic mass is 10.4. The smallest absolute Gasteiger partial charge is 0.282 e. The number of aromatic nitrogens is 6. The van der Waals surface area contributed by atoms with E-state index < -0.39 is 0 Å². The topological polar surface area (TPSA) is 101 Å². The molecule has 0 aliphatic heterocycles. The molecule has 0 radical (unpaired) electrons. The Kier molecular flexibility index (Phi) is 2.95. The van der Waals surface area contributed by atoms with Crippen LogP contribution in [0.2, 0.25) is 0 Å². The number of halogens is 1. The predicted molar refractivity (Wildman–Crippen MR) is 58.7 cm³/mol. The van der Waals surface area contributed by atoms with Crippen molar-refractivity contribution >= 4 is 21.6 Å². The van der Waals surface area contributed by atoms with Crippen LogP contribution in [-0.4, -0.2) is 30.4 Å². The van der Waals surface area contributed by atoms with Crippen LogP contribution >= 0.6 is 15.9 Å². The fourth-order valence-corrected chi connectivity index (χ4v) is 1.56. The number of H-pyrrole nitrogens is 1. The van der Waals surface area contributed by atoms with Crippen molar-refractivity contribution in [3.8, 4) is 0 Å². The van der Waals surface area contributed by atoms with Gasteiger partial charge in [0.1, 0.15) is 4.47 Å². The van der Waals surface area contributed by atoms with E-state index in [1.807, 2.05) is 0 Å². The lowest BCUT2D eigenvalue weighted by Crippen LogP contribution is -2.21.